The number of aromatic hydroxyl groups is 1. The smallest absolute Gasteiger partial charge is 0.120 e. The van der Waals surface area contributed by atoms with Gasteiger partial charge in [-0.2, -0.15) is 0 Å². The average Bonchev–Trinajstić information content (AvgIpc) is 2.61. The second-order valence-electron chi connectivity index (χ2n) is 6.29. The molecule has 0 bridgehead atoms. The van der Waals surface area contributed by atoms with Crippen molar-refractivity contribution in [3.8, 4) is 16.9 Å². The average molecular weight is 296 g/mol. The molecule has 1 N–H and O–H groups in total. The Kier molecular flexibility index (Phi) is 2.54. The molecule has 0 unspecified atom stereocenters. The Bertz CT molecular complexity index is 1080. The van der Waals surface area contributed by atoms with Gasteiger partial charge in [0, 0.05) is 5.56 Å². The van der Waals surface area contributed by atoms with Crippen molar-refractivity contribution in [1.82, 2.24) is 0 Å². The predicted molar refractivity (Wildman–Crippen MR) is 96.0 cm³/mol. The molecule has 1 aliphatic rings. The molecule has 0 saturated carbocycles. The maximum atomic E-state index is 10.6. The molecule has 0 amide bonds. The zero-order chi connectivity index (χ0) is 15.4. The third-order valence-corrected chi connectivity index (χ3v) is 5.04. The predicted octanol–water partition coefficient (Wildman–Crippen LogP) is 5.46. The van der Waals surface area contributed by atoms with Gasteiger partial charge >= 0.3 is 0 Å². The molecule has 1 aliphatic carbocycles. The zero-order valence-electron chi connectivity index (χ0n) is 12.7. The van der Waals surface area contributed by atoms with E-state index in [-0.39, 0.29) is 0 Å². The van der Waals surface area contributed by atoms with Crippen LogP contribution in [-0.4, -0.2) is 5.11 Å². The van der Waals surface area contributed by atoms with E-state index in [1.807, 2.05) is 12.1 Å². The molecule has 0 spiro atoms. The standard InChI is InChI=1S/C22H16O/c23-20-13-16-6-2-4-8-18(16)22-19(20)12-11-15-10-9-14-5-1-3-7-17(14)21(15)22/h1-10,13,23H,11-12H2. The quantitative estimate of drug-likeness (QED) is 0.456. The SMILES string of the molecule is Oc1cc2ccccc2c2c1CCc1ccc3ccccc3c1-2. The van der Waals surface area contributed by atoms with Crippen LogP contribution in [0.1, 0.15) is 11.1 Å². The summed E-state index contributed by atoms with van der Waals surface area (Å²) < 4.78 is 0. The first kappa shape index (κ1) is 12.7. The van der Waals surface area contributed by atoms with Gasteiger partial charge in [0.05, 0.1) is 0 Å². The maximum Gasteiger partial charge on any atom is 0.120 e. The summed E-state index contributed by atoms with van der Waals surface area (Å²) in [6.45, 7) is 0. The zero-order valence-corrected chi connectivity index (χ0v) is 12.7. The molecular formula is C22H16O. The normalized spacial score (nSPS) is 13.0. The van der Waals surface area contributed by atoms with E-state index < -0.39 is 0 Å². The molecule has 0 radical (unpaired) electrons. The van der Waals surface area contributed by atoms with Crippen molar-refractivity contribution in [2.45, 2.75) is 12.8 Å². The largest absolute Gasteiger partial charge is 0.508 e. The summed E-state index contributed by atoms with van der Waals surface area (Å²) in [6.07, 6.45) is 1.89. The molecular weight excluding hydrogens is 280 g/mol. The summed E-state index contributed by atoms with van der Waals surface area (Å²) in [7, 11) is 0. The lowest BCUT2D eigenvalue weighted by molar-refractivity contribution is 0.469. The lowest BCUT2D eigenvalue weighted by atomic mass is 9.80. The molecule has 0 heterocycles. The van der Waals surface area contributed by atoms with E-state index in [1.54, 1.807) is 0 Å². The van der Waals surface area contributed by atoms with E-state index in [2.05, 4.69) is 54.6 Å². The fraction of sp³-hybridized carbons (Fsp3) is 0.0909. The van der Waals surface area contributed by atoms with Crippen LogP contribution in [0.2, 0.25) is 0 Å². The molecule has 4 aromatic rings. The number of phenolic OH excluding ortho intramolecular Hbond substituents is 1. The summed E-state index contributed by atoms with van der Waals surface area (Å²) in [6, 6.07) is 23.3. The molecule has 4 aromatic carbocycles. The highest BCUT2D eigenvalue weighted by atomic mass is 16.3. The van der Waals surface area contributed by atoms with Gasteiger partial charge in [-0.25, -0.2) is 0 Å². The van der Waals surface area contributed by atoms with Crippen LogP contribution in [0.15, 0.2) is 66.7 Å². The summed E-state index contributed by atoms with van der Waals surface area (Å²) >= 11 is 0. The molecule has 5 rings (SSSR count). The van der Waals surface area contributed by atoms with Gasteiger partial charge in [-0.1, -0.05) is 60.7 Å². The highest BCUT2D eigenvalue weighted by Gasteiger charge is 2.23. The summed E-state index contributed by atoms with van der Waals surface area (Å²) in [5, 5.41) is 15.4. The second kappa shape index (κ2) is 4.60. The van der Waals surface area contributed by atoms with Gasteiger partial charge in [-0.3, -0.25) is 0 Å². The van der Waals surface area contributed by atoms with Crippen molar-refractivity contribution in [2.24, 2.45) is 0 Å². The number of phenols is 1. The molecule has 0 aliphatic heterocycles. The van der Waals surface area contributed by atoms with E-state index >= 15 is 0 Å². The first-order valence-electron chi connectivity index (χ1n) is 8.07. The number of aryl methyl sites for hydroxylation is 1. The van der Waals surface area contributed by atoms with Crippen LogP contribution in [0.4, 0.5) is 0 Å². The molecule has 0 aromatic heterocycles. The molecule has 0 atom stereocenters. The van der Waals surface area contributed by atoms with Gasteiger partial charge in [0.2, 0.25) is 0 Å². The van der Waals surface area contributed by atoms with Gasteiger partial charge < -0.3 is 5.11 Å². The Morgan fingerprint density at radius 2 is 1.35 bits per heavy atom. The van der Waals surface area contributed by atoms with Gasteiger partial charge in [0.1, 0.15) is 5.75 Å². The van der Waals surface area contributed by atoms with Crippen LogP contribution in [0, 0.1) is 0 Å². The van der Waals surface area contributed by atoms with Crippen molar-refractivity contribution in [2.75, 3.05) is 0 Å². The number of fused-ring (bicyclic) bond motifs is 7. The number of rotatable bonds is 0. The number of hydrogen-bond donors (Lipinski definition) is 1. The highest BCUT2D eigenvalue weighted by molar-refractivity contribution is 6.09. The molecule has 1 nitrogen and oxygen atoms in total. The minimum absolute atomic E-state index is 0.428. The number of benzene rings is 4. The van der Waals surface area contributed by atoms with Crippen LogP contribution in [-0.2, 0) is 12.8 Å². The van der Waals surface area contributed by atoms with E-state index in [0.29, 0.717) is 5.75 Å². The van der Waals surface area contributed by atoms with Gasteiger partial charge in [-0.15, -0.1) is 0 Å². The van der Waals surface area contributed by atoms with Gasteiger partial charge in [-0.05, 0) is 57.1 Å². The van der Waals surface area contributed by atoms with Crippen molar-refractivity contribution in [3.05, 3.63) is 77.9 Å². The maximum absolute atomic E-state index is 10.6. The van der Waals surface area contributed by atoms with E-state index in [1.165, 1.54) is 32.8 Å². The lowest BCUT2D eigenvalue weighted by Gasteiger charge is -2.24. The third kappa shape index (κ3) is 1.74. The van der Waals surface area contributed by atoms with Crippen molar-refractivity contribution in [3.63, 3.8) is 0 Å². The molecule has 1 heteroatoms. The third-order valence-electron chi connectivity index (χ3n) is 5.04. The van der Waals surface area contributed by atoms with Crippen LogP contribution in [0.25, 0.3) is 32.7 Å². The van der Waals surface area contributed by atoms with Crippen LogP contribution in [0.3, 0.4) is 0 Å². The lowest BCUT2D eigenvalue weighted by Crippen LogP contribution is -2.05. The monoisotopic (exact) mass is 296 g/mol. The minimum Gasteiger partial charge on any atom is -0.508 e. The van der Waals surface area contributed by atoms with Crippen molar-refractivity contribution < 1.29 is 5.11 Å². The summed E-state index contributed by atoms with van der Waals surface area (Å²) in [5.74, 6) is 0.428. The molecule has 0 fully saturated rings. The Hall–Kier alpha value is -2.80. The topological polar surface area (TPSA) is 20.2 Å². The molecule has 110 valence electrons. The molecule has 23 heavy (non-hydrogen) atoms. The first-order chi connectivity index (χ1) is 11.3. The molecule has 0 saturated heterocycles. The van der Waals surface area contributed by atoms with E-state index in [4.69, 9.17) is 0 Å². The van der Waals surface area contributed by atoms with Crippen molar-refractivity contribution >= 4 is 21.5 Å². The Morgan fingerprint density at radius 1 is 0.652 bits per heavy atom. The summed E-state index contributed by atoms with van der Waals surface area (Å²) in [4.78, 5) is 0. The second-order valence-corrected chi connectivity index (χ2v) is 6.29. The Labute approximate surface area is 134 Å². The Morgan fingerprint density at radius 3 is 2.17 bits per heavy atom. The van der Waals surface area contributed by atoms with Crippen LogP contribution in [0.5, 0.6) is 5.75 Å². The fourth-order valence-electron chi connectivity index (χ4n) is 3.99. The summed E-state index contributed by atoms with van der Waals surface area (Å²) in [5.41, 5.74) is 5.00. The van der Waals surface area contributed by atoms with Crippen LogP contribution < -0.4 is 0 Å². The minimum atomic E-state index is 0.428. The number of hydrogen-bond acceptors (Lipinski definition) is 1. The fourth-order valence-corrected chi connectivity index (χ4v) is 3.99. The highest BCUT2D eigenvalue weighted by Crippen LogP contribution is 2.45. The van der Waals surface area contributed by atoms with Crippen molar-refractivity contribution in [1.29, 1.82) is 0 Å². The van der Waals surface area contributed by atoms with Gasteiger partial charge in [0.15, 0.2) is 0 Å². The van der Waals surface area contributed by atoms with E-state index in [9.17, 15) is 5.11 Å². The Balaban J connectivity index is 2.02. The van der Waals surface area contributed by atoms with Gasteiger partial charge in [0.25, 0.3) is 0 Å². The van der Waals surface area contributed by atoms with E-state index in [0.717, 1.165) is 23.8 Å². The van der Waals surface area contributed by atoms with Crippen LogP contribution >= 0.6 is 0 Å². The first-order valence-corrected chi connectivity index (χ1v) is 8.07.